The monoisotopic (exact) mass is 417 g/mol. The van der Waals surface area contributed by atoms with Crippen molar-refractivity contribution in [2.75, 3.05) is 12.3 Å². The van der Waals surface area contributed by atoms with Crippen molar-refractivity contribution in [3.63, 3.8) is 0 Å². The number of nitrogens with one attached hydrogen (secondary N) is 1. The van der Waals surface area contributed by atoms with Gasteiger partial charge in [-0.15, -0.1) is 11.3 Å². The lowest BCUT2D eigenvalue weighted by molar-refractivity contribution is -0.118. The second-order valence-electron chi connectivity index (χ2n) is 6.71. The largest absolute Gasteiger partial charge is 0.356 e. The lowest BCUT2D eigenvalue weighted by Gasteiger charge is -2.14. The van der Waals surface area contributed by atoms with E-state index in [1.807, 2.05) is 0 Å². The molecular weight excluding hydrogens is 397 g/mol. The number of rotatable bonds is 5. The Morgan fingerprint density at radius 2 is 2.11 bits per heavy atom. The number of aryl methyl sites for hydroxylation is 2. The Hall–Kier alpha value is -2.19. The molecule has 0 atom stereocenters. The summed E-state index contributed by atoms with van der Waals surface area (Å²) in [5.74, 6) is -0.0307. The summed E-state index contributed by atoms with van der Waals surface area (Å²) in [4.78, 5) is 31.2. The summed E-state index contributed by atoms with van der Waals surface area (Å²) in [6.45, 7) is 1.91. The van der Waals surface area contributed by atoms with E-state index < -0.39 is 5.82 Å². The first-order valence-corrected chi connectivity index (χ1v) is 11.1. The van der Waals surface area contributed by atoms with Crippen molar-refractivity contribution in [2.45, 2.75) is 37.8 Å². The molecule has 0 unspecified atom stereocenters. The molecule has 0 bridgehead atoms. The molecule has 0 aliphatic heterocycles. The average molecular weight is 418 g/mol. The number of aromatic nitrogens is 2. The van der Waals surface area contributed by atoms with Crippen LogP contribution < -0.4 is 10.9 Å². The molecule has 3 aromatic rings. The van der Waals surface area contributed by atoms with Crippen LogP contribution in [0.5, 0.6) is 0 Å². The van der Waals surface area contributed by atoms with Crippen LogP contribution in [0.25, 0.3) is 15.9 Å². The summed E-state index contributed by atoms with van der Waals surface area (Å²) in [6, 6.07) is 6.26. The Kier molecular flexibility index (Phi) is 5.50. The van der Waals surface area contributed by atoms with Crippen LogP contribution in [0, 0.1) is 5.82 Å². The Balaban J connectivity index is 1.86. The topological polar surface area (TPSA) is 64.0 Å². The van der Waals surface area contributed by atoms with Gasteiger partial charge in [-0.3, -0.25) is 14.2 Å². The van der Waals surface area contributed by atoms with Crippen LogP contribution >= 0.6 is 23.1 Å². The Labute approximate surface area is 170 Å². The molecule has 0 fully saturated rings. The number of para-hydroxylation sites is 1. The van der Waals surface area contributed by atoms with Crippen LogP contribution in [-0.4, -0.2) is 27.8 Å². The van der Waals surface area contributed by atoms with Crippen LogP contribution in [0.4, 0.5) is 4.39 Å². The third-order valence-electron chi connectivity index (χ3n) is 4.76. The van der Waals surface area contributed by atoms with Gasteiger partial charge < -0.3 is 5.32 Å². The fraction of sp³-hybridized carbons (Fsp3) is 0.350. The third kappa shape index (κ3) is 3.58. The van der Waals surface area contributed by atoms with E-state index in [0.717, 1.165) is 36.1 Å². The maximum Gasteiger partial charge on any atom is 0.267 e. The highest BCUT2D eigenvalue weighted by molar-refractivity contribution is 7.99. The highest BCUT2D eigenvalue weighted by atomic mass is 32.2. The zero-order chi connectivity index (χ0) is 19.7. The van der Waals surface area contributed by atoms with Gasteiger partial charge in [0.1, 0.15) is 10.6 Å². The van der Waals surface area contributed by atoms with Gasteiger partial charge in [-0.05, 0) is 43.4 Å². The average Bonchev–Trinajstić information content (AvgIpc) is 3.05. The normalized spacial score (nSPS) is 13.5. The first kappa shape index (κ1) is 19.1. The van der Waals surface area contributed by atoms with E-state index in [1.54, 1.807) is 29.5 Å². The Morgan fingerprint density at radius 1 is 1.32 bits per heavy atom. The lowest BCUT2D eigenvalue weighted by Crippen LogP contribution is -2.25. The zero-order valence-corrected chi connectivity index (χ0v) is 17.1. The molecule has 0 saturated heterocycles. The van der Waals surface area contributed by atoms with E-state index in [1.165, 1.54) is 34.2 Å². The van der Waals surface area contributed by atoms with Crippen molar-refractivity contribution in [3.05, 3.63) is 50.9 Å². The Bertz CT molecular complexity index is 1110. The van der Waals surface area contributed by atoms with Gasteiger partial charge in [-0.25, -0.2) is 9.37 Å². The molecule has 5 nitrogen and oxygen atoms in total. The van der Waals surface area contributed by atoms with E-state index in [9.17, 15) is 14.0 Å². The summed E-state index contributed by atoms with van der Waals surface area (Å²) in [5.41, 5.74) is 1.08. The Morgan fingerprint density at radius 3 is 2.89 bits per heavy atom. The van der Waals surface area contributed by atoms with Gasteiger partial charge in [0.05, 0.1) is 11.1 Å². The van der Waals surface area contributed by atoms with Crippen LogP contribution in [0.2, 0.25) is 0 Å². The predicted molar refractivity (Wildman–Crippen MR) is 111 cm³/mol. The SMILES string of the molecule is CC(=O)NCCSc1nc2sc3c(c2c(=O)n1-c1ccccc1F)CCCC3. The minimum Gasteiger partial charge on any atom is -0.356 e. The zero-order valence-electron chi connectivity index (χ0n) is 15.5. The van der Waals surface area contributed by atoms with Gasteiger partial charge in [0.25, 0.3) is 5.56 Å². The molecule has 0 radical (unpaired) electrons. The van der Waals surface area contributed by atoms with E-state index >= 15 is 0 Å². The molecular formula is C20H20FN3O2S2. The summed E-state index contributed by atoms with van der Waals surface area (Å²) < 4.78 is 15.9. The minimum atomic E-state index is -0.460. The second-order valence-corrected chi connectivity index (χ2v) is 8.85. The highest BCUT2D eigenvalue weighted by Crippen LogP contribution is 2.35. The molecule has 1 aliphatic rings. The van der Waals surface area contributed by atoms with E-state index in [0.29, 0.717) is 22.8 Å². The number of halogens is 1. The third-order valence-corrected chi connectivity index (χ3v) is 6.88. The molecule has 8 heteroatoms. The molecule has 146 valence electrons. The van der Waals surface area contributed by atoms with Gasteiger partial charge in [-0.1, -0.05) is 23.9 Å². The van der Waals surface area contributed by atoms with Crippen molar-refractivity contribution in [3.8, 4) is 5.69 Å². The number of nitrogens with zero attached hydrogens (tertiary/aromatic N) is 2. The number of hydrogen-bond donors (Lipinski definition) is 1. The number of hydrogen-bond acceptors (Lipinski definition) is 5. The quantitative estimate of drug-likeness (QED) is 0.391. The number of carbonyl (C=O) groups is 1. The van der Waals surface area contributed by atoms with E-state index in [2.05, 4.69) is 5.32 Å². The summed E-state index contributed by atoms with van der Waals surface area (Å²) in [7, 11) is 0. The fourth-order valence-corrected chi connectivity index (χ4v) is 5.66. The van der Waals surface area contributed by atoms with Crippen molar-refractivity contribution >= 4 is 39.2 Å². The predicted octanol–water partition coefficient (Wildman–Crippen LogP) is 3.69. The van der Waals surface area contributed by atoms with Gasteiger partial charge in [-0.2, -0.15) is 0 Å². The molecule has 1 N–H and O–H groups in total. The van der Waals surface area contributed by atoms with Crippen LogP contribution in [-0.2, 0) is 17.6 Å². The summed E-state index contributed by atoms with van der Waals surface area (Å²) >= 11 is 2.92. The van der Waals surface area contributed by atoms with Gasteiger partial charge in [0.2, 0.25) is 5.91 Å². The van der Waals surface area contributed by atoms with E-state index in [-0.39, 0.29) is 17.2 Å². The van der Waals surface area contributed by atoms with Crippen LogP contribution in [0.15, 0.2) is 34.2 Å². The van der Waals surface area contributed by atoms with Gasteiger partial charge in [0.15, 0.2) is 5.16 Å². The van der Waals surface area contributed by atoms with Crippen molar-refractivity contribution in [1.82, 2.24) is 14.9 Å². The number of fused-ring (bicyclic) bond motifs is 3. The molecule has 0 spiro atoms. The molecule has 1 aliphatic carbocycles. The maximum absolute atomic E-state index is 14.5. The maximum atomic E-state index is 14.5. The van der Waals surface area contributed by atoms with Gasteiger partial charge in [0, 0.05) is 24.1 Å². The van der Waals surface area contributed by atoms with Crippen molar-refractivity contribution in [2.24, 2.45) is 0 Å². The smallest absolute Gasteiger partial charge is 0.267 e. The van der Waals surface area contributed by atoms with Crippen molar-refractivity contribution in [1.29, 1.82) is 0 Å². The summed E-state index contributed by atoms with van der Waals surface area (Å²) in [5, 5.41) is 3.82. The molecule has 4 rings (SSSR count). The molecule has 1 aromatic carbocycles. The molecule has 2 aromatic heterocycles. The number of thiophene rings is 1. The number of benzene rings is 1. The number of carbonyl (C=O) groups excluding carboxylic acids is 1. The van der Waals surface area contributed by atoms with E-state index in [4.69, 9.17) is 4.98 Å². The van der Waals surface area contributed by atoms with Crippen LogP contribution in [0.1, 0.15) is 30.2 Å². The lowest BCUT2D eigenvalue weighted by atomic mass is 9.97. The molecule has 0 saturated carbocycles. The molecule has 28 heavy (non-hydrogen) atoms. The standard InChI is InChI=1S/C20H20FN3O2S2/c1-12(25)22-10-11-27-20-23-18-17(13-6-2-5-9-16(13)28-18)19(26)24(20)15-8-4-3-7-14(15)21/h3-4,7-8H,2,5-6,9-11H2,1H3,(H,22,25). The highest BCUT2D eigenvalue weighted by Gasteiger charge is 2.23. The minimum absolute atomic E-state index is 0.110. The molecule has 1 amide bonds. The second kappa shape index (κ2) is 8.05. The fourth-order valence-electron chi connectivity index (χ4n) is 3.50. The molecule has 2 heterocycles. The van der Waals surface area contributed by atoms with Crippen molar-refractivity contribution < 1.29 is 9.18 Å². The number of thioether (sulfide) groups is 1. The van der Waals surface area contributed by atoms with Crippen LogP contribution in [0.3, 0.4) is 0 Å². The summed E-state index contributed by atoms with van der Waals surface area (Å²) in [6.07, 6.45) is 4.03. The van der Waals surface area contributed by atoms with Gasteiger partial charge >= 0.3 is 0 Å². The first-order chi connectivity index (χ1) is 13.6. The number of amides is 1. The first-order valence-electron chi connectivity index (χ1n) is 9.25.